The van der Waals surface area contributed by atoms with Crippen molar-refractivity contribution >= 4 is 10.2 Å². The van der Waals surface area contributed by atoms with Gasteiger partial charge < -0.3 is 10.5 Å². The SMILES string of the molecule is NCCOCCC[Si]. The highest BCUT2D eigenvalue weighted by Crippen LogP contribution is 1.84. The van der Waals surface area contributed by atoms with Crippen LogP contribution in [0.4, 0.5) is 0 Å². The molecule has 0 bridgehead atoms. The molecule has 0 unspecified atom stereocenters. The van der Waals surface area contributed by atoms with Gasteiger partial charge in [-0.3, -0.25) is 0 Å². The van der Waals surface area contributed by atoms with E-state index in [1.54, 1.807) is 0 Å². The molecule has 2 N–H and O–H groups in total. The Morgan fingerprint density at radius 2 is 2.12 bits per heavy atom. The van der Waals surface area contributed by atoms with E-state index in [-0.39, 0.29) is 0 Å². The van der Waals surface area contributed by atoms with E-state index in [1.165, 1.54) is 0 Å². The lowest BCUT2D eigenvalue weighted by atomic mass is 10.5. The molecule has 0 fully saturated rings. The van der Waals surface area contributed by atoms with Crippen molar-refractivity contribution in [2.45, 2.75) is 12.5 Å². The average molecular weight is 130 g/mol. The van der Waals surface area contributed by atoms with E-state index in [2.05, 4.69) is 10.2 Å². The molecule has 0 heterocycles. The lowest BCUT2D eigenvalue weighted by Gasteiger charge is -1.97. The zero-order chi connectivity index (χ0) is 6.24. The zero-order valence-electron chi connectivity index (χ0n) is 5.02. The van der Waals surface area contributed by atoms with Crippen LogP contribution in [0, 0.1) is 0 Å². The standard InChI is InChI=1S/C5H12NOSi/c6-2-4-7-3-1-5-8/h1-6H2. The summed E-state index contributed by atoms with van der Waals surface area (Å²) in [6, 6.07) is 1.00. The van der Waals surface area contributed by atoms with Crippen molar-refractivity contribution in [2.24, 2.45) is 5.73 Å². The molecular formula is C5H12NOSi. The molecule has 0 saturated carbocycles. The number of ether oxygens (including phenoxy) is 1. The summed E-state index contributed by atoms with van der Waals surface area (Å²) in [4.78, 5) is 0. The second-order valence-corrected chi connectivity index (χ2v) is 2.00. The Balaban J connectivity index is 2.53. The first-order valence-corrected chi connectivity index (χ1v) is 3.55. The third-order valence-electron chi connectivity index (χ3n) is 0.728. The van der Waals surface area contributed by atoms with Crippen LogP contribution in [-0.2, 0) is 4.74 Å². The van der Waals surface area contributed by atoms with Gasteiger partial charge in [-0.25, -0.2) is 0 Å². The summed E-state index contributed by atoms with van der Waals surface area (Å²) in [7, 11) is 3.33. The summed E-state index contributed by atoms with van der Waals surface area (Å²) in [5.41, 5.74) is 5.17. The minimum Gasteiger partial charge on any atom is -0.380 e. The molecule has 3 radical (unpaired) electrons. The summed E-state index contributed by atoms with van der Waals surface area (Å²) in [5.74, 6) is 0. The molecule has 0 aliphatic carbocycles. The highest BCUT2D eigenvalue weighted by atomic mass is 28.1. The monoisotopic (exact) mass is 130 g/mol. The van der Waals surface area contributed by atoms with Gasteiger partial charge in [0.2, 0.25) is 0 Å². The van der Waals surface area contributed by atoms with E-state index in [9.17, 15) is 0 Å². The van der Waals surface area contributed by atoms with Crippen LogP contribution < -0.4 is 5.73 Å². The fraction of sp³-hybridized carbons (Fsp3) is 1.00. The molecule has 0 rings (SSSR count). The number of hydrogen-bond donors (Lipinski definition) is 1. The fourth-order valence-electron chi connectivity index (χ4n) is 0.360. The van der Waals surface area contributed by atoms with E-state index < -0.39 is 0 Å². The highest BCUT2D eigenvalue weighted by Gasteiger charge is 1.82. The van der Waals surface area contributed by atoms with Crippen LogP contribution in [0.5, 0.6) is 0 Å². The summed E-state index contributed by atoms with van der Waals surface area (Å²) in [5, 5.41) is 0. The summed E-state index contributed by atoms with van der Waals surface area (Å²) < 4.78 is 5.07. The zero-order valence-corrected chi connectivity index (χ0v) is 6.02. The summed E-state index contributed by atoms with van der Waals surface area (Å²) in [6.45, 7) is 2.13. The molecule has 2 nitrogen and oxygen atoms in total. The fourth-order valence-corrected chi connectivity index (χ4v) is 0.504. The lowest BCUT2D eigenvalue weighted by Crippen LogP contribution is -2.08. The Morgan fingerprint density at radius 1 is 1.38 bits per heavy atom. The van der Waals surface area contributed by atoms with E-state index in [0.717, 1.165) is 19.1 Å². The van der Waals surface area contributed by atoms with Crippen LogP contribution in [0.1, 0.15) is 6.42 Å². The normalized spacial score (nSPS) is 9.75. The van der Waals surface area contributed by atoms with Gasteiger partial charge in [-0.1, -0.05) is 6.04 Å². The maximum Gasteiger partial charge on any atom is 0.0588 e. The quantitative estimate of drug-likeness (QED) is 0.418. The number of hydrogen-bond acceptors (Lipinski definition) is 2. The van der Waals surface area contributed by atoms with Crippen molar-refractivity contribution in [3.05, 3.63) is 0 Å². The third-order valence-corrected chi connectivity index (χ3v) is 1.08. The molecule has 0 spiro atoms. The minimum absolute atomic E-state index is 0.627. The summed E-state index contributed by atoms with van der Waals surface area (Å²) >= 11 is 0. The van der Waals surface area contributed by atoms with Crippen molar-refractivity contribution in [1.29, 1.82) is 0 Å². The first kappa shape index (κ1) is 8.14. The Kier molecular flexibility index (Phi) is 7.26. The molecule has 0 atom stereocenters. The third kappa shape index (κ3) is 6.14. The van der Waals surface area contributed by atoms with Crippen LogP contribution in [0.3, 0.4) is 0 Å². The van der Waals surface area contributed by atoms with Crippen LogP contribution in [0.2, 0.25) is 6.04 Å². The highest BCUT2D eigenvalue weighted by molar-refractivity contribution is 6.08. The van der Waals surface area contributed by atoms with Gasteiger partial charge in [0.25, 0.3) is 0 Å². The molecule has 0 aliphatic heterocycles. The topological polar surface area (TPSA) is 35.2 Å². The van der Waals surface area contributed by atoms with Crippen LogP contribution >= 0.6 is 0 Å². The van der Waals surface area contributed by atoms with Crippen LogP contribution in [-0.4, -0.2) is 30.0 Å². The van der Waals surface area contributed by atoms with Gasteiger partial charge >= 0.3 is 0 Å². The molecular weight excluding hydrogens is 118 g/mol. The maximum absolute atomic E-state index is 5.17. The van der Waals surface area contributed by atoms with Gasteiger partial charge in [0.1, 0.15) is 0 Å². The molecule has 0 aromatic rings. The van der Waals surface area contributed by atoms with E-state index in [1.807, 2.05) is 0 Å². The largest absolute Gasteiger partial charge is 0.380 e. The van der Waals surface area contributed by atoms with Crippen molar-refractivity contribution in [3.63, 3.8) is 0 Å². The van der Waals surface area contributed by atoms with E-state index in [4.69, 9.17) is 10.5 Å². The molecule has 0 saturated heterocycles. The molecule has 47 valence electrons. The predicted molar refractivity (Wildman–Crippen MR) is 35.1 cm³/mol. The molecule has 8 heavy (non-hydrogen) atoms. The smallest absolute Gasteiger partial charge is 0.0588 e. The molecule has 0 aliphatic rings. The maximum atomic E-state index is 5.17. The van der Waals surface area contributed by atoms with Crippen LogP contribution in [0.15, 0.2) is 0 Å². The van der Waals surface area contributed by atoms with Crippen molar-refractivity contribution in [1.82, 2.24) is 0 Å². The molecule has 0 amide bonds. The molecule has 3 heteroatoms. The van der Waals surface area contributed by atoms with Gasteiger partial charge in [0.05, 0.1) is 6.61 Å². The Hall–Kier alpha value is 0.137. The van der Waals surface area contributed by atoms with E-state index in [0.29, 0.717) is 13.2 Å². The first-order valence-electron chi connectivity index (χ1n) is 2.84. The Bertz CT molecular complexity index is 37.4. The van der Waals surface area contributed by atoms with Crippen molar-refractivity contribution in [3.8, 4) is 0 Å². The van der Waals surface area contributed by atoms with Gasteiger partial charge in [0, 0.05) is 23.4 Å². The second-order valence-electron chi connectivity index (χ2n) is 1.50. The lowest BCUT2D eigenvalue weighted by molar-refractivity contribution is 0.142. The second kappa shape index (κ2) is 7.14. The average Bonchev–Trinajstić information content (AvgIpc) is 1.81. The number of nitrogens with two attached hydrogens (primary N) is 1. The molecule has 0 aromatic heterocycles. The van der Waals surface area contributed by atoms with Crippen LogP contribution in [0.25, 0.3) is 0 Å². The Labute approximate surface area is 53.8 Å². The molecule has 0 aromatic carbocycles. The van der Waals surface area contributed by atoms with Gasteiger partial charge in [-0.05, 0) is 6.42 Å². The van der Waals surface area contributed by atoms with Gasteiger partial charge in [-0.2, -0.15) is 0 Å². The summed E-state index contributed by atoms with van der Waals surface area (Å²) in [6.07, 6.45) is 1.07. The number of rotatable bonds is 5. The Morgan fingerprint density at radius 3 is 2.62 bits per heavy atom. The van der Waals surface area contributed by atoms with E-state index >= 15 is 0 Å². The predicted octanol–water partition coefficient (Wildman–Crippen LogP) is -0.0614. The van der Waals surface area contributed by atoms with Gasteiger partial charge in [-0.15, -0.1) is 0 Å². The van der Waals surface area contributed by atoms with Gasteiger partial charge in [0.15, 0.2) is 0 Å². The first-order chi connectivity index (χ1) is 3.91. The minimum atomic E-state index is 0.627. The van der Waals surface area contributed by atoms with Crippen molar-refractivity contribution in [2.75, 3.05) is 19.8 Å². The van der Waals surface area contributed by atoms with Crippen molar-refractivity contribution < 1.29 is 4.74 Å².